The molecule has 1 aromatic rings. The summed E-state index contributed by atoms with van der Waals surface area (Å²) in [6.45, 7) is 9.11. The lowest BCUT2D eigenvalue weighted by Crippen LogP contribution is -1.97. The van der Waals surface area contributed by atoms with Crippen molar-refractivity contribution in [2.75, 3.05) is 0 Å². The van der Waals surface area contributed by atoms with Crippen molar-refractivity contribution in [3.05, 3.63) is 18.0 Å². The minimum Gasteiger partial charge on any atom is -0.270 e. The molecule has 0 unspecified atom stereocenters. The molecule has 10 heavy (non-hydrogen) atoms. The Hall–Kier alpha value is -0.790. The van der Waals surface area contributed by atoms with Crippen LogP contribution in [0.4, 0.5) is 0 Å². The van der Waals surface area contributed by atoms with Gasteiger partial charge in [-0.1, -0.05) is 13.8 Å². The first-order valence-electron chi connectivity index (χ1n) is 3.83. The zero-order valence-electron chi connectivity index (χ0n) is 7.26. The molecule has 58 valence electrons. The predicted molar refractivity (Wildman–Crippen MR) is 44.0 cm³/mol. The van der Waals surface area contributed by atoms with Crippen LogP contribution in [0.1, 0.15) is 26.5 Å². The minimum atomic E-state index is 0.971. The third-order valence-electron chi connectivity index (χ3n) is 1.23. The first kappa shape index (κ1) is 9.21. The summed E-state index contributed by atoms with van der Waals surface area (Å²) >= 11 is 0. The van der Waals surface area contributed by atoms with Crippen LogP contribution in [0.5, 0.6) is 0 Å². The van der Waals surface area contributed by atoms with Crippen molar-refractivity contribution >= 4 is 0 Å². The Morgan fingerprint density at radius 1 is 1.50 bits per heavy atom. The van der Waals surface area contributed by atoms with E-state index in [-0.39, 0.29) is 0 Å². The molecule has 0 amide bonds. The molecule has 1 aromatic heterocycles. The lowest BCUT2D eigenvalue weighted by atomic mass is 10.5. The van der Waals surface area contributed by atoms with Gasteiger partial charge in [0.1, 0.15) is 0 Å². The summed E-state index contributed by atoms with van der Waals surface area (Å²) in [6.07, 6.45) is 1.82. The second-order valence-electron chi connectivity index (χ2n) is 1.79. The standard InChI is InChI=1S/C6H10N2.C2H6/c1-3-8-6(2)4-5-7-8;1-2/h4-5H,3H2,1-2H3;1-2H3. The van der Waals surface area contributed by atoms with Gasteiger partial charge in [0.25, 0.3) is 0 Å². The van der Waals surface area contributed by atoms with E-state index in [4.69, 9.17) is 0 Å². The number of aromatic nitrogens is 2. The molecule has 0 aliphatic carbocycles. The number of hydrogen-bond donors (Lipinski definition) is 0. The summed E-state index contributed by atoms with van der Waals surface area (Å²) in [6, 6.07) is 2.00. The number of hydrogen-bond acceptors (Lipinski definition) is 1. The van der Waals surface area contributed by atoms with Gasteiger partial charge >= 0.3 is 0 Å². The monoisotopic (exact) mass is 140 g/mol. The van der Waals surface area contributed by atoms with Gasteiger partial charge in [-0.3, -0.25) is 4.68 Å². The van der Waals surface area contributed by atoms with E-state index in [0.717, 1.165) is 6.54 Å². The molecule has 1 heterocycles. The van der Waals surface area contributed by atoms with Crippen LogP contribution in [0.25, 0.3) is 0 Å². The third-order valence-corrected chi connectivity index (χ3v) is 1.23. The van der Waals surface area contributed by atoms with Gasteiger partial charge < -0.3 is 0 Å². The van der Waals surface area contributed by atoms with E-state index < -0.39 is 0 Å². The topological polar surface area (TPSA) is 17.8 Å². The first-order chi connectivity index (χ1) is 4.84. The van der Waals surface area contributed by atoms with Crippen LogP contribution in [0.3, 0.4) is 0 Å². The van der Waals surface area contributed by atoms with Gasteiger partial charge in [0.05, 0.1) is 0 Å². The van der Waals surface area contributed by atoms with Crippen molar-refractivity contribution in [1.29, 1.82) is 0 Å². The molecule has 0 bridgehead atoms. The van der Waals surface area contributed by atoms with Crippen LogP contribution >= 0.6 is 0 Å². The molecule has 0 radical (unpaired) electrons. The van der Waals surface area contributed by atoms with Crippen molar-refractivity contribution in [1.82, 2.24) is 9.78 Å². The largest absolute Gasteiger partial charge is 0.270 e. The zero-order chi connectivity index (χ0) is 7.98. The second-order valence-corrected chi connectivity index (χ2v) is 1.79. The van der Waals surface area contributed by atoms with Crippen molar-refractivity contribution < 1.29 is 0 Å². The van der Waals surface area contributed by atoms with Crippen LogP contribution in [0.2, 0.25) is 0 Å². The lowest BCUT2D eigenvalue weighted by Gasteiger charge is -1.94. The molecule has 0 saturated heterocycles. The molecule has 0 atom stereocenters. The Labute approximate surface area is 62.9 Å². The highest BCUT2D eigenvalue weighted by atomic mass is 15.3. The van der Waals surface area contributed by atoms with E-state index in [9.17, 15) is 0 Å². The van der Waals surface area contributed by atoms with E-state index in [1.54, 1.807) is 0 Å². The van der Waals surface area contributed by atoms with Gasteiger partial charge in [-0.2, -0.15) is 5.10 Å². The summed E-state index contributed by atoms with van der Waals surface area (Å²) in [5, 5.41) is 4.05. The Kier molecular flexibility index (Phi) is 4.63. The Bertz CT molecular complexity index is 168. The van der Waals surface area contributed by atoms with E-state index >= 15 is 0 Å². The molecular formula is C8H16N2. The lowest BCUT2D eigenvalue weighted by molar-refractivity contribution is 0.640. The molecule has 2 heteroatoms. The summed E-state index contributed by atoms with van der Waals surface area (Å²) < 4.78 is 1.96. The van der Waals surface area contributed by atoms with Gasteiger partial charge in [-0.15, -0.1) is 0 Å². The molecule has 1 rings (SSSR count). The van der Waals surface area contributed by atoms with E-state index in [1.807, 2.05) is 30.8 Å². The maximum atomic E-state index is 4.05. The van der Waals surface area contributed by atoms with Crippen LogP contribution < -0.4 is 0 Å². The van der Waals surface area contributed by atoms with Gasteiger partial charge in [-0.25, -0.2) is 0 Å². The van der Waals surface area contributed by atoms with E-state index in [0.29, 0.717) is 0 Å². The highest BCUT2D eigenvalue weighted by Gasteiger charge is 1.88. The van der Waals surface area contributed by atoms with Gasteiger partial charge in [0.2, 0.25) is 0 Å². The van der Waals surface area contributed by atoms with Crippen LogP contribution in [-0.4, -0.2) is 9.78 Å². The Morgan fingerprint density at radius 2 is 2.10 bits per heavy atom. The molecule has 0 aliphatic rings. The summed E-state index contributed by atoms with van der Waals surface area (Å²) in [4.78, 5) is 0. The molecule has 0 spiro atoms. The predicted octanol–water partition coefficient (Wildman–Crippen LogP) is 2.24. The first-order valence-corrected chi connectivity index (χ1v) is 3.83. The van der Waals surface area contributed by atoms with Gasteiger partial charge in [0.15, 0.2) is 0 Å². The molecule has 0 N–H and O–H groups in total. The molecule has 2 nitrogen and oxygen atoms in total. The molecule has 0 saturated carbocycles. The van der Waals surface area contributed by atoms with E-state index in [1.165, 1.54) is 5.69 Å². The van der Waals surface area contributed by atoms with Crippen molar-refractivity contribution in [2.45, 2.75) is 34.2 Å². The van der Waals surface area contributed by atoms with Gasteiger partial charge in [-0.05, 0) is 19.9 Å². The maximum absolute atomic E-state index is 4.05. The van der Waals surface area contributed by atoms with E-state index in [2.05, 4.69) is 18.9 Å². The highest BCUT2D eigenvalue weighted by Crippen LogP contribution is 1.93. The van der Waals surface area contributed by atoms with Crippen LogP contribution in [-0.2, 0) is 6.54 Å². The molecular weight excluding hydrogens is 124 g/mol. The maximum Gasteiger partial charge on any atom is 0.0492 e. The highest BCUT2D eigenvalue weighted by molar-refractivity contribution is 4.95. The fourth-order valence-corrected chi connectivity index (χ4v) is 0.730. The third kappa shape index (κ3) is 2.21. The SMILES string of the molecule is CC.CCn1nccc1C. The number of nitrogens with zero attached hydrogens (tertiary/aromatic N) is 2. The average molecular weight is 140 g/mol. The van der Waals surface area contributed by atoms with Crippen molar-refractivity contribution in [3.8, 4) is 0 Å². The smallest absolute Gasteiger partial charge is 0.0492 e. The van der Waals surface area contributed by atoms with Crippen molar-refractivity contribution in [3.63, 3.8) is 0 Å². The summed E-state index contributed by atoms with van der Waals surface area (Å²) in [5.41, 5.74) is 1.23. The van der Waals surface area contributed by atoms with Gasteiger partial charge in [0, 0.05) is 18.4 Å². The second kappa shape index (κ2) is 5.03. The van der Waals surface area contributed by atoms with Crippen LogP contribution in [0, 0.1) is 6.92 Å². The summed E-state index contributed by atoms with van der Waals surface area (Å²) in [5.74, 6) is 0. The number of aryl methyl sites for hydroxylation is 2. The van der Waals surface area contributed by atoms with Crippen LogP contribution in [0.15, 0.2) is 12.3 Å². The normalized spacial score (nSPS) is 8.40. The summed E-state index contributed by atoms with van der Waals surface area (Å²) in [7, 11) is 0. The molecule has 0 fully saturated rings. The fourth-order valence-electron chi connectivity index (χ4n) is 0.730. The van der Waals surface area contributed by atoms with Crippen molar-refractivity contribution in [2.24, 2.45) is 0 Å². The molecule has 0 aliphatic heterocycles. The average Bonchev–Trinajstić information content (AvgIpc) is 2.39. The molecule has 0 aromatic carbocycles. The quantitative estimate of drug-likeness (QED) is 0.585. The minimum absolute atomic E-state index is 0.971. The number of rotatable bonds is 1. The Balaban J connectivity index is 0.000000371. The fraction of sp³-hybridized carbons (Fsp3) is 0.625. The zero-order valence-corrected chi connectivity index (χ0v) is 7.26. The Morgan fingerprint density at radius 3 is 2.30 bits per heavy atom.